The maximum Gasteiger partial charge on any atom is 0.344 e. The molecule has 2 amide bonds. The predicted octanol–water partition coefficient (Wildman–Crippen LogP) is 4.94. The van der Waals surface area contributed by atoms with Crippen LogP contribution < -0.4 is 9.47 Å². The summed E-state index contributed by atoms with van der Waals surface area (Å²) in [5.74, 6) is -0.133. The number of hydrogen-bond donors (Lipinski definition) is 0. The van der Waals surface area contributed by atoms with Crippen molar-refractivity contribution in [3.63, 3.8) is 0 Å². The van der Waals surface area contributed by atoms with E-state index in [9.17, 15) is 14.4 Å². The molecular formula is C23H22BrNO6S. The van der Waals surface area contributed by atoms with Crippen LogP contribution in [0.3, 0.4) is 0 Å². The summed E-state index contributed by atoms with van der Waals surface area (Å²) >= 11 is 4.30. The molecule has 0 radical (unpaired) electrons. The van der Waals surface area contributed by atoms with Gasteiger partial charge in [0.1, 0.15) is 0 Å². The van der Waals surface area contributed by atoms with E-state index in [1.165, 1.54) is 12.0 Å². The number of halogens is 1. The number of carbonyl (C=O) groups excluding carboxylic acids is 3. The summed E-state index contributed by atoms with van der Waals surface area (Å²) in [6.45, 7) is 3.89. The minimum atomic E-state index is -0.493. The molecule has 0 N–H and O–H groups in total. The van der Waals surface area contributed by atoms with Crippen LogP contribution in [-0.4, -0.2) is 42.3 Å². The smallest absolute Gasteiger partial charge is 0.344 e. The van der Waals surface area contributed by atoms with Gasteiger partial charge in [0, 0.05) is 0 Å². The van der Waals surface area contributed by atoms with Crippen LogP contribution in [0.15, 0.2) is 45.8 Å². The monoisotopic (exact) mass is 519 g/mol. The van der Waals surface area contributed by atoms with Crippen molar-refractivity contribution in [1.29, 1.82) is 0 Å². The molecule has 0 bridgehead atoms. The third-order valence-corrected chi connectivity index (χ3v) is 5.98. The molecule has 0 atom stereocenters. The third-order valence-electron chi connectivity index (χ3n) is 4.49. The zero-order chi connectivity index (χ0) is 23.3. The highest BCUT2D eigenvalue weighted by atomic mass is 79.9. The largest absolute Gasteiger partial charge is 0.493 e. The van der Waals surface area contributed by atoms with Gasteiger partial charge in [-0.2, -0.15) is 0 Å². The Balaban J connectivity index is 1.80. The van der Waals surface area contributed by atoms with Crippen LogP contribution in [0, 0.1) is 6.92 Å². The van der Waals surface area contributed by atoms with E-state index in [-0.39, 0.29) is 30.9 Å². The average Bonchev–Trinajstić information content (AvgIpc) is 3.00. The summed E-state index contributed by atoms with van der Waals surface area (Å²) in [4.78, 5) is 38.4. The Kier molecular flexibility index (Phi) is 7.98. The Morgan fingerprint density at radius 1 is 1.22 bits per heavy atom. The minimum absolute atomic E-state index is 0.220. The van der Waals surface area contributed by atoms with E-state index in [4.69, 9.17) is 14.2 Å². The van der Waals surface area contributed by atoms with E-state index in [0.29, 0.717) is 26.4 Å². The summed E-state index contributed by atoms with van der Waals surface area (Å²) < 4.78 is 16.3. The third kappa shape index (κ3) is 5.72. The van der Waals surface area contributed by atoms with Gasteiger partial charge in [0.25, 0.3) is 11.1 Å². The normalized spacial score (nSPS) is 14.8. The Hall–Kier alpha value is -2.78. The SMILES string of the molecule is CCOC(=O)COc1c(Br)cc(/C=C2\SC(=O)N(Cc3cccc(C)c3)C2=O)cc1OC. The van der Waals surface area contributed by atoms with Crippen molar-refractivity contribution >= 4 is 50.9 Å². The molecule has 1 heterocycles. The quantitative estimate of drug-likeness (QED) is 0.360. The van der Waals surface area contributed by atoms with Gasteiger partial charge in [-0.25, -0.2) is 4.79 Å². The maximum atomic E-state index is 12.9. The lowest BCUT2D eigenvalue weighted by molar-refractivity contribution is -0.145. The van der Waals surface area contributed by atoms with Crippen molar-refractivity contribution in [2.24, 2.45) is 0 Å². The first-order chi connectivity index (χ1) is 15.3. The highest BCUT2D eigenvalue weighted by Gasteiger charge is 2.35. The summed E-state index contributed by atoms with van der Waals surface area (Å²) in [5, 5.41) is -0.317. The van der Waals surface area contributed by atoms with Gasteiger partial charge in [0.15, 0.2) is 18.1 Å². The van der Waals surface area contributed by atoms with E-state index in [0.717, 1.165) is 22.9 Å². The Morgan fingerprint density at radius 3 is 2.69 bits per heavy atom. The van der Waals surface area contributed by atoms with Gasteiger partial charge in [-0.15, -0.1) is 0 Å². The molecular weight excluding hydrogens is 498 g/mol. The lowest BCUT2D eigenvalue weighted by Crippen LogP contribution is -2.27. The van der Waals surface area contributed by atoms with Gasteiger partial charge in [0.2, 0.25) is 0 Å². The first kappa shape index (κ1) is 23.9. The number of hydrogen-bond acceptors (Lipinski definition) is 7. The number of methoxy groups -OCH3 is 1. The fourth-order valence-electron chi connectivity index (χ4n) is 3.08. The Bertz CT molecular complexity index is 1080. The number of benzene rings is 2. The van der Waals surface area contributed by atoms with Crippen LogP contribution in [0.4, 0.5) is 4.79 Å². The van der Waals surface area contributed by atoms with Gasteiger partial charge in [-0.05, 0) is 70.9 Å². The van der Waals surface area contributed by atoms with Gasteiger partial charge < -0.3 is 14.2 Å². The molecule has 168 valence electrons. The standard InChI is InChI=1S/C23H22BrNO6S/c1-4-30-20(26)13-31-21-17(24)9-16(10-18(21)29-3)11-19-22(27)25(23(28)32-19)12-15-7-5-6-14(2)8-15/h5-11H,4,12-13H2,1-3H3/b19-11-. The number of esters is 1. The molecule has 0 aliphatic carbocycles. The summed E-state index contributed by atoms with van der Waals surface area (Å²) in [5.41, 5.74) is 2.59. The molecule has 1 saturated heterocycles. The zero-order valence-corrected chi connectivity index (χ0v) is 20.2. The zero-order valence-electron chi connectivity index (χ0n) is 17.8. The molecule has 1 fully saturated rings. The van der Waals surface area contributed by atoms with Crippen molar-refractivity contribution in [2.75, 3.05) is 20.3 Å². The van der Waals surface area contributed by atoms with Crippen LogP contribution in [0.25, 0.3) is 6.08 Å². The number of amides is 2. The van der Waals surface area contributed by atoms with Gasteiger partial charge >= 0.3 is 5.97 Å². The average molecular weight is 520 g/mol. The van der Waals surface area contributed by atoms with Gasteiger partial charge in [-0.3, -0.25) is 14.5 Å². The Labute approximate surface area is 198 Å². The van der Waals surface area contributed by atoms with Crippen LogP contribution in [0.1, 0.15) is 23.6 Å². The highest BCUT2D eigenvalue weighted by molar-refractivity contribution is 9.10. The van der Waals surface area contributed by atoms with Gasteiger partial charge in [0.05, 0.1) is 29.6 Å². The number of imide groups is 1. The molecule has 1 aliphatic heterocycles. The summed E-state index contributed by atoms with van der Waals surface area (Å²) in [7, 11) is 1.47. The molecule has 32 heavy (non-hydrogen) atoms. The molecule has 2 aromatic rings. The number of ether oxygens (including phenoxy) is 3. The van der Waals surface area contributed by atoms with Crippen LogP contribution in [-0.2, 0) is 20.9 Å². The topological polar surface area (TPSA) is 82.1 Å². The molecule has 0 aromatic heterocycles. The maximum absolute atomic E-state index is 12.9. The number of thioether (sulfide) groups is 1. The number of rotatable bonds is 8. The lowest BCUT2D eigenvalue weighted by Gasteiger charge is -2.13. The Morgan fingerprint density at radius 2 is 2.00 bits per heavy atom. The summed E-state index contributed by atoms with van der Waals surface area (Å²) in [6.07, 6.45) is 1.63. The lowest BCUT2D eigenvalue weighted by atomic mass is 10.1. The van der Waals surface area contributed by atoms with E-state index in [1.54, 1.807) is 25.1 Å². The number of carbonyl (C=O) groups is 3. The van der Waals surface area contributed by atoms with Gasteiger partial charge in [-0.1, -0.05) is 29.8 Å². The second-order valence-electron chi connectivity index (χ2n) is 6.88. The summed E-state index contributed by atoms with van der Waals surface area (Å²) in [6, 6.07) is 11.1. The predicted molar refractivity (Wildman–Crippen MR) is 126 cm³/mol. The van der Waals surface area contributed by atoms with E-state index in [2.05, 4.69) is 15.9 Å². The molecule has 0 saturated carbocycles. The second kappa shape index (κ2) is 10.7. The fourth-order valence-corrected chi connectivity index (χ4v) is 4.49. The van der Waals surface area contributed by atoms with Crippen LogP contribution in [0.2, 0.25) is 0 Å². The van der Waals surface area contributed by atoms with Crippen molar-refractivity contribution in [2.45, 2.75) is 20.4 Å². The number of nitrogens with zero attached hydrogens (tertiary/aromatic N) is 1. The fraction of sp³-hybridized carbons (Fsp3) is 0.261. The highest BCUT2D eigenvalue weighted by Crippen LogP contribution is 2.39. The van der Waals surface area contributed by atoms with E-state index in [1.807, 2.05) is 31.2 Å². The molecule has 3 rings (SSSR count). The minimum Gasteiger partial charge on any atom is -0.493 e. The molecule has 7 nitrogen and oxygen atoms in total. The molecule has 0 unspecified atom stereocenters. The van der Waals surface area contributed by atoms with Crippen LogP contribution in [0.5, 0.6) is 11.5 Å². The first-order valence-electron chi connectivity index (χ1n) is 9.79. The van der Waals surface area contributed by atoms with Crippen LogP contribution >= 0.6 is 27.7 Å². The number of aryl methyl sites for hydroxylation is 1. The molecule has 2 aromatic carbocycles. The van der Waals surface area contributed by atoms with Crippen molar-refractivity contribution in [3.05, 3.63) is 62.5 Å². The van der Waals surface area contributed by atoms with E-state index < -0.39 is 5.97 Å². The molecule has 9 heteroatoms. The van der Waals surface area contributed by atoms with Crippen molar-refractivity contribution in [1.82, 2.24) is 4.90 Å². The van der Waals surface area contributed by atoms with Crippen molar-refractivity contribution < 1.29 is 28.6 Å². The van der Waals surface area contributed by atoms with E-state index >= 15 is 0 Å². The molecule has 1 aliphatic rings. The second-order valence-corrected chi connectivity index (χ2v) is 8.73. The van der Waals surface area contributed by atoms with Crippen molar-refractivity contribution in [3.8, 4) is 11.5 Å². The molecule has 0 spiro atoms. The first-order valence-corrected chi connectivity index (χ1v) is 11.4.